The lowest BCUT2D eigenvalue weighted by molar-refractivity contribution is 0.233. The van der Waals surface area contributed by atoms with Gasteiger partial charge in [0, 0.05) is 13.1 Å². The summed E-state index contributed by atoms with van der Waals surface area (Å²) in [5.74, 6) is 0.0604. The number of likely N-dealkylation sites (N-methyl/N-ethyl adjacent to an activating group) is 1. The SMILES string of the molecule is CCN(CC)CCNC(CO)c1ccc(O)c(Cl)c1. The Hall–Kier alpha value is -0.810. The van der Waals surface area contributed by atoms with Crippen molar-refractivity contribution in [1.82, 2.24) is 10.2 Å². The van der Waals surface area contributed by atoms with Crippen molar-refractivity contribution in [3.63, 3.8) is 0 Å². The zero-order valence-corrected chi connectivity index (χ0v) is 12.3. The van der Waals surface area contributed by atoms with Crippen LogP contribution >= 0.6 is 11.6 Å². The highest BCUT2D eigenvalue weighted by molar-refractivity contribution is 6.32. The molecule has 4 nitrogen and oxygen atoms in total. The zero-order chi connectivity index (χ0) is 14.3. The fraction of sp³-hybridized carbons (Fsp3) is 0.571. The summed E-state index contributed by atoms with van der Waals surface area (Å²) in [7, 11) is 0. The van der Waals surface area contributed by atoms with Crippen LogP contribution in [-0.4, -0.2) is 47.9 Å². The maximum atomic E-state index is 9.44. The molecule has 0 radical (unpaired) electrons. The van der Waals surface area contributed by atoms with Crippen molar-refractivity contribution in [1.29, 1.82) is 0 Å². The van der Waals surface area contributed by atoms with Crippen molar-refractivity contribution >= 4 is 11.6 Å². The minimum atomic E-state index is -0.159. The number of aliphatic hydroxyl groups excluding tert-OH is 1. The van der Waals surface area contributed by atoms with Gasteiger partial charge < -0.3 is 20.4 Å². The molecule has 19 heavy (non-hydrogen) atoms. The molecule has 0 amide bonds. The molecule has 0 aliphatic carbocycles. The number of phenols is 1. The van der Waals surface area contributed by atoms with Gasteiger partial charge in [0.15, 0.2) is 0 Å². The van der Waals surface area contributed by atoms with Gasteiger partial charge in [-0.3, -0.25) is 0 Å². The number of nitrogens with one attached hydrogen (secondary N) is 1. The van der Waals surface area contributed by atoms with Crippen LogP contribution in [0.4, 0.5) is 0 Å². The molecule has 3 N–H and O–H groups in total. The zero-order valence-electron chi connectivity index (χ0n) is 11.6. The molecule has 5 heteroatoms. The van der Waals surface area contributed by atoms with E-state index in [1.807, 2.05) is 0 Å². The van der Waals surface area contributed by atoms with Crippen LogP contribution in [-0.2, 0) is 0 Å². The first-order valence-electron chi connectivity index (χ1n) is 6.67. The average molecular weight is 287 g/mol. The summed E-state index contributed by atoms with van der Waals surface area (Å²) in [4.78, 5) is 2.31. The van der Waals surface area contributed by atoms with E-state index in [-0.39, 0.29) is 18.4 Å². The first kappa shape index (κ1) is 16.2. The first-order chi connectivity index (χ1) is 9.12. The molecule has 1 unspecified atom stereocenters. The van der Waals surface area contributed by atoms with Crippen molar-refractivity contribution in [3.05, 3.63) is 28.8 Å². The summed E-state index contributed by atoms with van der Waals surface area (Å²) in [5, 5.41) is 22.4. The molecule has 0 aliphatic rings. The maximum absolute atomic E-state index is 9.44. The van der Waals surface area contributed by atoms with Gasteiger partial charge in [-0.25, -0.2) is 0 Å². The third-order valence-corrected chi connectivity index (χ3v) is 3.57. The van der Waals surface area contributed by atoms with E-state index in [1.54, 1.807) is 18.2 Å². The predicted octanol–water partition coefficient (Wildman–Crippen LogP) is 2.01. The van der Waals surface area contributed by atoms with Gasteiger partial charge in [-0.2, -0.15) is 0 Å². The van der Waals surface area contributed by atoms with Gasteiger partial charge in [0.2, 0.25) is 0 Å². The Morgan fingerprint density at radius 1 is 1.32 bits per heavy atom. The smallest absolute Gasteiger partial charge is 0.134 e. The van der Waals surface area contributed by atoms with E-state index in [0.29, 0.717) is 5.02 Å². The Balaban J connectivity index is 2.55. The number of rotatable bonds is 8. The molecule has 0 heterocycles. The number of nitrogens with zero attached hydrogens (tertiary/aromatic N) is 1. The maximum Gasteiger partial charge on any atom is 0.134 e. The molecule has 1 aromatic rings. The van der Waals surface area contributed by atoms with Gasteiger partial charge in [-0.1, -0.05) is 31.5 Å². The summed E-state index contributed by atoms with van der Waals surface area (Å²) < 4.78 is 0. The Labute approximate surface area is 120 Å². The molecule has 0 fully saturated rings. The molecule has 0 aromatic heterocycles. The van der Waals surface area contributed by atoms with Crippen LogP contribution in [0.5, 0.6) is 5.75 Å². The quantitative estimate of drug-likeness (QED) is 0.684. The van der Waals surface area contributed by atoms with Crippen molar-refractivity contribution in [3.8, 4) is 5.75 Å². The van der Waals surface area contributed by atoms with Crippen LogP contribution < -0.4 is 5.32 Å². The number of hydrogen-bond donors (Lipinski definition) is 3. The van der Waals surface area contributed by atoms with Crippen LogP contribution in [0.2, 0.25) is 5.02 Å². The predicted molar refractivity (Wildman–Crippen MR) is 78.7 cm³/mol. The Morgan fingerprint density at radius 2 is 2.00 bits per heavy atom. The second-order valence-corrected chi connectivity index (χ2v) is 4.83. The molecule has 0 spiro atoms. The topological polar surface area (TPSA) is 55.7 Å². The number of hydrogen-bond acceptors (Lipinski definition) is 4. The lowest BCUT2D eigenvalue weighted by atomic mass is 10.1. The van der Waals surface area contributed by atoms with Crippen molar-refractivity contribution in [2.24, 2.45) is 0 Å². The molecule has 0 aliphatic heterocycles. The lowest BCUT2D eigenvalue weighted by Crippen LogP contribution is -2.34. The van der Waals surface area contributed by atoms with Crippen molar-refractivity contribution in [2.75, 3.05) is 32.8 Å². The number of halogens is 1. The third-order valence-electron chi connectivity index (χ3n) is 3.27. The summed E-state index contributed by atoms with van der Waals surface area (Å²) in [6, 6.07) is 4.84. The number of aromatic hydroxyl groups is 1. The first-order valence-corrected chi connectivity index (χ1v) is 7.05. The largest absolute Gasteiger partial charge is 0.506 e. The Bertz CT molecular complexity index is 384. The van der Waals surface area contributed by atoms with E-state index >= 15 is 0 Å². The fourth-order valence-corrected chi connectivity index (χ4v) is 2.15. The van der Waals surface area contributed by atoms with Gasteiger partial charge in [-0.05, 0) is 30.8 Å². The lowest BCUT2D eigenvalue weighted by Gasteiger charge is -2.21. The molecular weight excluding hydrogens is 264 g/mol. The second kappa shape index (κ2) is 8.38. The molecule has 0 saturated heterocycles. The monoisotopic (exact) mass is 286 g/mol. The molecular formula is C14H23ClN2O2. The van der Waals surface area contributed by atoms with E-state index in [1.165, 1.54) is 0 Å². The van der Waals surface area contributed by atoms with Gasteiger partial charge in [-0.15, -0.1) is 0 Å². The standard InChI is InChI=1S/C14H23ClN2O2/c1-3-17(4-2)8-7-16-13(10-18)11-5-6-14(19)12(15)9-11/h5-6,9,13,16,18-19H,3-4,7-8,10H2,1-2H3. The minimum Gasteiger partial charge on any atom is -0.506 e. The van der Waals surface area contributed by atoms with Crippen molar-refractivity contribution in [2.45, 2.75) is 19.9 Å². The van der Waals surface area contributed by atoms with Crippen LogP contribution in [0.3, 0.4) is 0 Å². The van der Waals surface area contributed by atoms with Crippen molar-refractivity contribution < 1.29 is 10.2 Å². The van der Waals surface area contributed by atoms with Crippen LogP contribution in [0.1, 0.15) is 25.5 Å². The van der Waals surface area contributed by atoms with Gasteiger partial charge in [0.05, 0.1) is 17.7 Å². The minimum absolute atomic E-state index is 0.000641. The van der Waals surface area contributed by atoms with Crippen LogP contribution in [0, 0.1) is 0 Å². The van der Waals surface area contributed by atoms with Gasteiger partial charge in [0.1, 0.15) is 5.75 Å². The van der Waals surface area contributed by atoms with E-state index in [2.05, 4.69) is 24.1 Å². The third kappa shape index (κ3) is 4.99. The number of aliphatic hydroxyl groups is 1. The molecule has 1 atom stereocenters. The number of phenolic OH excluding ortho intramolecular Hbond substituents is 1. The number of benzene rings is 1. The average Bonchev–Trinajstić information content (AvgIpc) is 2.42. The highest BCUT2D eigenvalue weighted by Crippen LogP contribution is 2.26. The van der Waals surface area contributed by atoms with Gasteiger partial charge >= 0.3 is 0 Å². The Morgan fingerprint density at radius 3 is 2.53 bits per heavy atom. The van der Waals surface area contributed by atoms with E-state index < -0.39 is 0 Å². The molecule has 1 aromatic carbocycles. The summed E-state index contributed by atoms with van der Waals surface area (Å²) in [6.45, 7) is 8.04. The normalized spacial score (nSPS) is 12.9. The fourth-order valence-electron chi connectivity index (χ4n) is 1.96. The Kier molecular flexibility index (Phi) is 7.16. The van der Waals surface area contributed by atoms with E-state index in [4.69, 9.17) is 11.6 Å². The highest BCUT2D eigenvalue weighted by atomic mass is 35.5. The van der Waals surface area contributed by atoms with E-state index in [9.17, 15) is 10.2 Å². The summed E-state index contributed by atoms with van der Waals surface area (Å²) >= 11 is 5.88. The summed E-state index contributed by atoms with van der Waals surface area (Å²) in [6.07, 6.45) is 0. The van der Waals surface area contributed by atoms with Gasteiger partial charge in [0.25, 0.3) is 0 Å². The summed E-state index contributed by atoms with van der Waals surface area (Å²) in [5.41, 5.74) is 0.879. The second-order valence-electron chi connectivity index (χ2n) is 4.43. The van der Waals surface area contributed by atoms with E-state index in [0.717, 1.165) is 31.7 Å². The van der Waals surface area contributed by atoms with Crippen LogP contribution in [0.25, 0.3) is 0 Å². The molecule has 1 rings (SSSR count). The highest BCUT2D eigenvalue weighted by Gasteiger charge is 2.11. The molecule has 0 bridgehead atoms. The molecule has 0 saturated carbocycles. The molecule has 108 valence electrons. The van der Waals surface area contributed by atoms with Crippen LogP contribution in [0.15, 0.2) is 18.2 Å².